The van der Waals surface area contributed by atoms with Gasteiger partial charge in [-0.25, -0.2) is 9.80 Å². The molecule has 4 amide bonds. The van der Waals surface area contributed by atoms with Crippen LogP contribution in [0, 0.1) is 27.1 Å². The third kappa shape index (κ3) is 4.11. The lowest BCUT2D eigenvalue weighted by atomic mass is 9.62. The highest BCUT2D eigenvalue weighted by atomic mass is 16.2. The second-order valence-corrected chi connectivity index (χ2v) is 17.5. The molecular weight excluding hydrogens is 548 g/mol. The summed E-state index contributed by atoms with van der Waals surface area (Å²) in [4.78, 5) is 57.5. The van der Waals surface area contributed by atoms with E-state index in [1.165, 1.54) is 15.4 Å². The lowest BCUT2D eigenvalue weighted by Crippen LogP contribution is -2.41. The van der Waals surface area contributed by atoms with Crippen molar-refractivity contribution in [2.24, 2.45) is 27.1 Å². The Hall–Kier alpha value is -3.28. The molecule has 0 aromatic heterocycles. The normalized spacial score (nSPS) is 28.7. The van der Waals surface area contributed by atoms with Crippen LogP contribution in [-0.2, 0) is 30.0 Å². The van der Waals surface area contributed by atoms with Gasteiger partial charge in [-0.1, -0.05) is 59.7 Å². The predicted octanol–water partition coefficient (Wildman–Crippen LogP) is 7.94. The zero-order chi connectivity index (χ0) is 33.2. The summed E-state index contributed by atoms with van der Waals surface area (Å²) in [6, 6.07) is 13.8. The van der Waals surface area contributed by atoms with Crippen molar-refractivity contribution >= 4 is 35.0 Å². The van der Waals surface area contributed by atoms with Crippen LogP contribution in [0.1, 0.15) is 120 Å². The standard InChI is InChI=1S/C38H50N2O4/c1-32(2,3)21-38(13)31(44)39(30(43)36(38,10)11)24-16-14-23(15-17-24)37(12)22-33(4,5)26-19-18-25(20-27(26)37)40-28(41)34(6,7)35(8,9)29(40)42/h14-20H,21-22H2,1-13H3. The van der Waals surface area contributed by atoms with E-state index in [1.807, 2.05) is 84.9 Å². The van der Waals surface area contributed by atoms with Crippen molar-refractivity contribution in [3.8, 4) is 0 Å². The van der Waals surface area contributed by atoms with E-state index in [0.29, 0.717) is 17.8 Å². The zero-order valence-electron chi connectivity index (χ0n) is 29.0. The summed E-state index contributed by atoms with van der Waals surface area (Å²) in [5, 5.41) is 0. The first kappa shape index (κ1) is 32.1. The van der Waals surface area contributed by atoms with Crippen molar-refractivity contribution in [1.82, 2.24) is 0 Å². The summed E-state index contributed by atoms with van der Waals surface area (Å²) in [5.74, 6) is -0.686. The quantitative estimate of drug-likeness (QED) is 0.335. The van der Waals surface area contributed by atoms with Crippen molar-refractivity contribution in [2.45, 2.75) is 114 Å². The van der Waals surface area contributed by atoms with Crippen LogP contribution < -0.4 is 9.80 Å². The molecule has 5 rings (SSSR count). The molecule has 6 heteroatoms. The lowest BCUT2D eigenvalue weighted by molar-refractivity contribution is -0.133. The molecule has 6 nitrogen and oxygen atoms in total. The number of amides is 4. The lowest BCUT2D eigenvalue weighted by Gasteiger charge is -2.38. The fourth-order valence-corrected chi connectivity index (χ4v) is 8.16. The minimum absolute atomic E-state index is 0.117. The number of carbonyl (C=O) groups excluding carboxylic acids is 4. The van der Waals surface area contributed by atoms with Gasteiger partial charge in [0, 0.05) is 5.41 Å². The van der Waals surface area contributed by atoms with Gasteiger partial charge in [-0.2, -0.15) is 0 Å². The second-order valence-electron chi connectivity index (χ2n) is 17.5. The van der Waals surface area contributed by atoms with Crippen LogP contribution in [0.5, 0.6) is 0 Å². The Morgan fingerprint density at radius 3 is 1.55 bits per heavy atom. The molecule has 0 N–H and O–H groups in total. The Kier molecular flexibility index (Phi) is 6.67. The number of benzene rings is 2. The Morgan fingerprint density at radius 2 is 1.05 bits per heavy atom. The molecule has 3 aliphatic rings. The number of carbonyl (C=O) groups is 4. The van der Waals surface area contributed by atoms with Gasteiger partial charge >= 0.3 is 0 Å². The molecule has 0 radical (unpaired) electrons. The van der Waals surface area contributed by atoms with E-state index in [0.717, 1.165) is 17.5 Å². The van der Waals surface area contributed by atoms with Gasteiger partial charge in [0.25, 0.3) is 0 Å². The first-order valence-electron chi connectivity index (χ1n) is 15.9. The van der Waals surface area contributed by atoms with Crippen LogP contribution in [0.2, 0.25) is 0 Å². The monoisotopic (exact) mass is 598 g/mol. The van der Waals surface area contributed by atoms with Crippen LogP contribution in [0.15, 0.2) is 42.5 Å². The minimum Gasteiger partial charge on any atom is -0.273 e. The van der Waals surface area contributed by atoms with Crippen LogP contribution in [-0.4, -0.2) is 23.6 Å². The Morgan fingerprint density at radius 1 is 0.591 bits per heavy atom. The van der Waals surface area contributed by atoms with Crippen molar-refractivity contribution in [3.63, 3.8) is 0 Å². The molecule has 44 heavy (non-hydrogen) atoms. The molecule has 0 bridgehead atoms. The van der Waals surface area contributed by atoms with E-state index in [-0.39, 0.29) is 34.5 Å². The molecule has 2 aromatic carbocycles. The fourth-order valence-electron chi connectivity index (χ4n) is 8.16. The summed E-state index contributed by atoms with van der Waals surface area (Å²) in [6.07, 6.45) is 1.43. The van der Waals surface area contributed by atoms with E-state index in [2.05, 4.69) is 47.6 Å². The van der Waals surface area contributed by atoms with Crippen molar-refractivity contribution in [1.29, 1.82) is 0 Å². The molecule has 2 unspecified atom stereocenters. The van der Waals surface area contributed by atoms with Crippen LogP contribution in [0.4, 0.5) is 11.4 Å². The molecule has 0 spiro atoms. The van der Waals surface area contributed by atoms with Gasteiger partial charge in [0.05, 0.1) is 33.0 Å². The second kappa shape index (κ2) is 9.14. The van der Waals surface area contributed by atoms with Gasteiger partial charge in [0.1, 0.15) is 0 Å². The predicted molar refractivity (Wildman–Crippen MR) is 175 cm³/mol. The molecular formula is C38H50N2O4. The maximum atomic E-state index is 13.9. The van der Waals surface area contributed by atoms with Gasteiger partial charge in [-0.05, 0) is 113 Å². The summed E-state index contributed by atoms with van der Waals surface area (Å²) in [5.41, 5.74) is 0.571. The van der Waals surface area contributed by atoms with Crippen molar-refractivity contribution < 1.29 is 19.2 Å². The average molecular weight is 599 g/mol. The maximum absolute atomic E-state index is 13.9. The summed E-state index contributed by atoms with van der Waals surface area (Å²) in [7, 11) is 0. The van der Waals surface area contributed by atoms with Crippen molar-refractivity contribution in [3.05, 3.63) is 59.2 Å². The molecule has 2 aliphatic heterocycles. The molecule has 2 aromatic rings. The molecule has 1 aliphatic carbocycles. The van der Waals surface area contributed by atoms with Gasteiger partial charge in [-0.3, -0.25) is 19.2 Å². The number of fused-ring (bicyclic) bond motifs is 1. The molecule has 2 fully saturated rings. The number of nitrogens with zero attached hydrogens (tertiary/aromatic N) is 2. The molecule has 0 saturated carbocycles. The SMILES string of the molecule is CC(C)(C)CC1(C)C(=O)N(c2ccc(C3(C)CC(C)(C)c4ccc(N5C(=O)C(C)(C)C(C)(C)C5=O)cc43)cc2)C(=O)C1(C)C. The molecule has 2 atom stereocenters. The molecule has 2 heterocycles. The van der Waals surface area contributed by atoms with E-state index in [9.17, 15) is 19.2 Å². The number of hydrogen-bond acceptors (Lipinski definition) is 4. The summed E-state index contributed by atoms with van der Waals surface area (Å²) < 4.78 is 0. The largest absolute Gasteiger partial charge is 0.273 e. The smallest absolute Gasteiger partial charge is 0.240 e. The van der Waals surface area contributed by atoms with Crippen LogP contribution in [0.25, 0.3) is 0 Å². The maximum Gasteiger partial charge on any atom is 0.240 e. The van der Waals surface area contributed by atoms with Gasteiger partial charge in [-0.15, -0.1) is 0 Å². The summed E-state index contributed by atoms with van der Waals surface area (Å²) >= 11 is 0. The van der Waals surface area contributed by atoms with Gasteiger partial charge < -0.3 is 0 Å². The minimum atomic E-state index is -0.833. The first-order chi connectivity index (χ1) is 19.8. The third-order valence-corrected chi connectivity index (χ3v) is 11.9. The number of hydrogen-bond donors (Lipinski definition) is 0. The van der Waals surface area contributed by atoms with E-state index < -0.39 is 27.1 Å². The molecule has 2 saturated heterocycles. The van der Waals surface area contributed by atoms with Crippen molar-refractivity contribution in [2.75, 3.05) is 9.80 Å². The van der Waals surface area contributed by atoms with Gasteiger partial charge in [0.2, 0.25) is 23.6 Å². The van der Waals surface area contributed by atoms with Gasteiger partial charge in [0.15, 0.2) is 0 Å². The third-order valence-electron chi connectivity index (χ3n) is 11.9. The highest BCUT2D eigenvalue weighted by Gasteiger charge is 2.63. The highest BCUT2D eigenvalue weighted by Crippen LogP contribution is 2.57. The molecule has 236 valence electrons. The Labute approximate surface area is 263 Å². The fraction of sp³-hybridized carbons (Fsp3) is 0.579. The number of anilines is 2. The topological polar surface area (TPSA) is 74.8 Å². The Balaban J connectivity index is 1.54. The average Bonchev–Trinajstić information content (AvgIpc) is 3.24. The van der Waals surface area contributed by atoms with E-state index in [1.54, 1.807) is 0 Å². The number of imide groups is 2. The number of rotatable bonds is 4. The van der Waals surface area contributed by atoms with Crippen LogP contribution >= 0.6 is 0 Å². The van der Waals surface area contributed by atoms with E-state index >= 15 is 0 Å². The summed E-state index contributed by atoms with van der Waals surface area (Å²) in [6.45, 7) is 26.1. The van der Waals surface area contributed by atoms with E-state index in [4.69, 9.17) is 0 Å². The first-order valence-corrected chi connectivity index (χ1v) is 15.9. The highest BCUT2D eigenvalue weighted by molar-refractivity contribution is 6.25. The van der Waals surface area contributed by atoms with Crippen LogP contribution in [0.3, 0.4) is 0 Å². The Bertz CT molecular complexity index is 1580. The zero-order valence-corrected chi connectivity index (χ0v) is 29.0.